The molecule has 0 radical (unpaired) electrons. The van der Waals surface area contributed by atoms with Crippen molar-refractivity contribution in [3.63, 3.8) is 0 Å². The molecular formula is C23H35Cl2N3O3. The minimum absolute atomic E-state index is 0. The van der Waals surface area contributed by atoms with Crippen LogP contribution in [0.2, 0.25) is 5.02 Å². The van der Waals surface area contributed by atoms with Crippen molar-refractivity contribution in [2.24, 2.45) is 17.6 Å². The molecule has 6 nitrogen and oxygen atoms in total. The number of rotatable bonds is 6. The van der Waals surface area contributed by atoms with Crippen LogP contribution in [-0.4, -0.2) is 43.7 Å². The number of anilines is 1. The molecule has 2 aliphatic heterocycles. The molecule has 0 bridgehead atoms. The number of amides is 1. The highest BCUT2D eigenvalue weighted by molar-refractivity contribution is 6.33. The molecule has 1 unspecified atom stereocenters. The molecular weight excluding hydrogens is 437 g/mol. The summed E-state index contributed by atoms with van der Waals surface area (Å²) in [6.07, 6.45) is 10.2. The monoisotopic (exact) mass is 471 g/mol. The first kappa shape index (κ1) is 24.3. The van der Waals surface area contributed by atoms with E-state index in [-0.39, 0.29) is 24.2 Å². The average molecular weight is 472 g/mol. The standard InChI is InChI=1S/C23H34ClN3O3.ClH/c24-18-14-17(21-22(20(18)25)30-13-12-29-21)19(23(26)28)16-7-10-27(11-8-16)9-6-15-4-2-1-3-5-15;/h14-16,19H,1-13,25H2,(H2,26,28);1H. The summed E-state index contributed by atoms with van der Waals surface area (Å²) in [6, 6.07) is 1.75. The molecule has 2 heterocycles. The highest BCUT2D eigenvalue weighted by Crippen LogP contribution is 2.48. The van der Waals surface area contributed by atoms with Gasteiger partial charge in [0.2, 0.25) is 5.91 Å². The Morgan fingerprint density at radius 1 is 1.10 bits per heavy atom. The van der Waals surface area contributed by atoms with Crippen LogP contribution in [0, 0.1) is 11.8 Å². The van der Waals surface area contributed by atoms with Crippen LogP contribution in [0.1, 0.15) is 62.8 Å². The Labute approximate surface area is 196 Å². The molecule has 174 valence electrons. The van der Waals surface area contributed by atoms with E-state index in [1.165, 1.54) is 45.1 Å². The van der Waals surface area contributed by atoms with Crippen molar-refractivity contribution in [3.8, 4) is 11.5 Å². The van der Waals surface area contributed by atoms with Gasteiger partial charge in [0.25, 0.3) is 0 Å². The van der Waals surface area contributed by atoms with Gasteiger partial charge in [0, 0.05) is 5.56 Å². The molecule has 31 heavy (non-hydrogen) atoms. The molecule has 4 N–H and O–H groups in total. The second-order valence-electron chi connectivity index (χ2n) is 9.07. The van der Waals surface area contributed by atoms with Gasteiger partial charge in [0.05, 0.1) is 16.6 Å². The first-order chi connectivity index (χ1) is 14.5. The SMILES string of the molecule is Cl.NC(=O)C(c1cc(Cl)c(N)c2c1OCCO2)C1CCN(CCC2CCCCC2)CC1. The summed E-state index contributed by atoms with van der Waals surface area (Å²) < 4.78 is 11.6. The van der Waals surface area contributed by atoms with Crippen LogP contribution in [0.3, 0.4) is 0 Å². The van der Waals surface area contributed by atoms with E-state index < -0.39 is 5.92 Å². The van der Waals surface area contributed by atoms with Gasteiger partial charge in [-0.25, -0.2) is 0 Å². The number of hydrogen-bond acceptors (Lipinski definition) is 5. The predicted molar refractivity (Wildman–Crippen MR) is 126 cm³/mol. The van der Waals surface area contributed by atoms with Crippen LogP contribution in [-0.2, 0) is 4.79 Å². The fourth-order valence-electron chi connectivity index (χ4n) is 5.44. The second kappa shape index (κ2) is 11.0. The van der Waals surface area contributed by atoms with Gasteiger partial charge in [0.15, 0.2) is 11.5 Å². The molecule has 1 amide bonds. The number of hydrogen-bond donors (Lipinski definition) is 2. The number of nitrogen functional groups attached to an aromatic ring is 1. The summed E-state index contributed by atoms with van der Waals surface area (Å²) in [6.45, 7) is 4.01. The highest BCUT2D eigenvalue weighted by atomic mass is 35.5. The Morgan fingerprint density at radius 2 is 1.74 bits per heavy atom. The zero-order chi connectivity index (χ0) is 21.1. The smallest absolute Gasteiger partial charge is 0.225 e. The van der Waals surface area contributed by atoms with Gasteiger partial charge in [-0.15, -0.1) is 12.4 Å². The molecule has 1 aromatic carbocycles. The molecule has 4 rings (SSSR count). The molecule has 0 spiro atoms. The number of benzene rings is 1. The van der Waals surface area contributed by atoms with E-state index in [0.29, 0.717) is 35.4 Å². The van der Waals surface area contributed by atoms with Crippen molar-refractivity contribution in [3.05, 3.63) is 16.7 Å². The van der Waals surface area contributed by atoms with Crippen LogP contribution in [0.4, 0.5) is 5.69 Å². The minimum Gasteiger partial charge on any atom is -0.486 e. The topological polar surface area (TPSA) is 90.8 Å². The zero-order valence-corrected chi connectivity index (χ0v) is 19.7. The normalized spacial score (nSPS) is 21.3. The number of primary amides is 1. The third kappa shape index (κ3) is 5.52. The summed E-state index contributed by atoms with van der Waals surface area (Å²) in [7, 11) is 0. The second-order valence-corrected chi connectivity index (χ2v) is 9.48. The first-order valence-corrected chi connectivity index (χ1v) is 11.8. The molecule has 1 saturated heterocycles. The van der Waals surface area contributed by atoms with Crippen LogP contribution < -0.4 is 20.9 Å². The Bertz CT molecular complexity index is 763. The maximum Gasteiger partial charge on any atom is 0.225 e. The largest absolute Gasteiger partial charge is 0.486 e. The number of likely N-dealkylation sites (tertiary alicyclic amines) is 1. The third-order valence-corrected chi connectivity index (χ3v) is 7.46. The summed E-state index contributed by atoms with van der Waals surface area (Å²) in [5.74, 6) is 1.26. The summed E-state index contributed by atoms with van der Waals surface area (Å²) in [5, 5.41) is 0.380. The molecule has 2 fully saturated rings. The number of piperidine rings is 1. The lowest BCUT2D eigenvalue weighted by Crippen LogP contribution is -2.40. The van der Waals surface area contributed by atoms with Crippen molar-refractivity contribution in [1.29, 1.82) is 0 Å². The maximum atomic E-state index is 12.5. The lowest BCUT2D eigenvalue weighted by molar-refractivity contribution is -0.121. The van der Waals surface area contributed by atoms with Crippen LogP contribution in [0.25, 0.3) is 0 Å². The van der Waals surface area contributed by atoms with Crippen molar-refractivity contribution in [1.82, 2.24) is 4.90 Å². The summed E-state index contributed by atoms with van der Waals surface area (Å²) in [5.41, 5.74) is 13.0. The van der Waals surface area contributed by atoms with E-state index in [4.69, 9.17) is 32.5 Å². The van der Waals surface area contributed by atoms with E-state index in [1.807, 2.05) is 0 Å². The minimum atomic E-state index is -0.445. The summed E-state index contributed by atoms with van der Waals surface area (Å²) in [4.78, 5) is 15.1. The van der Waals surface area contributed by atoms with Crippen molar-refractivity contribution >= 4 is 35.6 Å². The number of fused-ring (bicyclic) bond motifs is 1. The van der Waals surface area contributed by atoms with Crippen molar-refractivity contribution in [2.45, 2.75) is 57.3 Å². The van der Waals surface area contributed by atoms with Gasteiger partial charge in [-0.2, -0.15) is 0 Å². The molecule has 8 heteroatoms. The molecule has 1 aliphatic carbocycles. The van der Waals surface area contributed by atoms with Gasteiger partial charge in [0.1, 0.15) is 13.2 Å². The predicted octanol–water partition coefficient (Wildman–Crippen LogP) is 4.37. The first-order valence-electron chi connectivity index (χ1n) is 11.4. The van der Waals surface area contributed by atoms with E-state index in [0.717, 1.165) is 37.4 Å². The van der Waals surface area contributed by atoms with Crippen LogP contribution >= 0.6 is 24.0 Å². The van der Waals surface area contributed by atoms with E-state index in [1.54, 1.807) is 6.07 Å². The third-order valence-electron chi connectivity index (χ3n) is 7.15. The fourth-order valence-corrected chi connectivity index (χ4v) is 5.65. The molecule has 1 aromatic rings. The Balaban J connectivity index is 0.00000272. The number of halogens is 2. The Hall–Kier alpha value is -1.37. The highest BCUT2D eigenvalue weighted by Gasteiger charge is 2.36. The Morgan fingerprint density at radius 3 is 2.39 bits per heavy atom. The number of carbonyl (C=O) groups excluding carboxylic acids is 1. The number of carbonyl (C=O) groups is 1. The number of ether oxygens (including phenoxy) is 2. The lowest BCUT2D eigenvalue weighted by Gasteiger charge is -2.37. The fraction of sp³-hybridized carbons (Fsp3) is 0.696. The van der Waals surface area contributed by atoms with E-state index in [9.17, 15) is 4.79 Å². The van der Waals surface area contributed by atoms with Gasteiger partial charge in [-0.1, -0.05) is 43.7 Å². The Kier molecular flexibility index (Phi) is 8.59. The van der Waals surface area contributed by atoms with E-state index >= 15 is 0 Å². The van der Waals surface area contributed by atoms with Crippen LogP contribution in [0.5, 0.6) is 11.5 Å². The number of nitrogens with two attached hydrogens (primary N) is 2. The van der Waals surface area contributed by atoms with Gasteiger partial charge in [-0.05, 0) is 56.8 Å². The van der Waals surface area contributed by atoms with Crippen molar-refractivity contribution in [2.75, 3.05) is 38.6 Å². The van der Waals surface area contributed by atoms with Gasteiger partial charge in [-0.3, -0.25) is 4.79 Å². The van der Waals surface area contributed by atoms with Gasteiger partial charge < -0.3 is 25.8 Å². The molecule has 3 aliphatic rings. The quantitative estimate of drug-likeness (QED) is 0.601. The maximum absolute atomic E-state index is 12.5. The van der Waals surface area contributed by atoms with Gasteiger partial charge >= 0.3 is 0 Å². The molecule has 1 atom stereocenters. The zero-order valence-electron chi connectivity index (χ0n) is 18.1. The van der Waals surface area contributed by atoms with Crippen LogP contribution in [0.15, 0.2) is 6.07 Å². The van der Waals surface area contributed by atoms with E-state index in [2.05, 4.69) is 4.90 Å². The lowest BCUT2D eigenvalue weighted by atomic mass is 9.78. The molecule has 1 saturated carbocycles. The average Bonchev–Trinajstić information content (AvgIpc) is 2.77. The molecule has 0 aromatic heterocycles. The van der Waals surface area contributed by atoms with Crippen molar-refractivity contribution < 1.29 is 14.3 Å². The number of nitrogens with zero attached hydrogens (tertiary/aromatic N) is 1. The summed E-state index contributed by atoms with van der Waals surface area (Å²) >= 11 is 6.36.